The van der Waals surface area contributed by atoms with Gasteiger partial charge in [0.05, 0.1) is 5.92 Å². The summed E-state index contributed by atoms with van der Waals surface area (Å²) < 4.78 is 0. The van der Waals surface area contributed by atoms with E-state index in [1.807, 2.05) is 4.90 Å². The monoisotopic (exact) mass is 236 g/mol. The molecule has 2 aliphatic rings. The standard InChI is InChI=1S/C13H20N2O2/c1-2-7-15(11-5-3-4-6-11)13(17)10-8-12(16)14-9-10/h2,10-11H,1,3-9H2,(H,14,16). The van der Waals surface area contributed by atoms with E-state index in [4.69, 9.17) is 0 Å². The molecule has 2 fully saturated rings. The fourth-order valence-electron chi connectivity index (χ4n) is 2.79. The third kappa shape index (κ3) is 2.68. The van der Waals surface area contributed by atoms with Crippen LogP contribution >= 0.6 is 0 Å². The van der Waals surface area contributed by atoms with Crippen molar-refractivity contribution in [3.8, 4) is 0 Å². The first kappa shape index (κ1) is 12.1. The maximum atomic E-state index is 12.4. The molecule has 0 aromatic carbocycles. The van der Waals surface area contributed by atoms with E-state index in [1.54, 1.807) is 6.08 Å². The topological polar surface area (TPSA) is 49.4 Å². The minimum atomic E-state index is -0.164. The van der Waals surface area contributed by atoms with Gasteiger partial charge in [-0.25, -0.2) is 0 Å². The average molecular weight is 236 g/mol. The van der Waals surface area contributed by atoms with Gasteiger partial charge >= 0.3 is 0 Å². The molecular weight excluding hydrogens is 216 g/mol. The smallest absolute Gasteiger partial charge is 0.228 e. The molecule has 1 N–H and O–H groups in total. The van der Waals surface area contributed by atoms with Gasteiger partial charge in [-0.05, 0) is 12.8 Å². The van der Waals surface area contributed by atoms with Crippen LogP contribution in [0.1, 0.15) is 32.1 Å². The highest BCUT2D eigenvalue weighted by atomic mass is 16.2. The lowest BCUT2D eigenvalue weighted by atomic mass is 10.1. The van der Waals surface area contributed by atoms with Crippen LogP contribution in [0.2, 0.25) is 0 Å². The molecule has 1 atom stereocenters. The van der Waals surface area contributed by atoms with Crippen molar-refractivity contribution in [2.45, 2.75) is 38.1 Å². The maximum absolute atomic E-state index is 12.4. The van der Waals surface area contributed by atoms with Crippen molar-refractivity contribution in [1.29, 1.82) is 0 Å². The Labute approximate surface area is 102 Å². The Morgan fingerprint density at radius 3 is 2.71 bits per heavy atom. The van der Waals surface area contributed by atoms with E-state index in [1.165, 1.54) is 12.8 Å². The van der Waals surface area contributed by atoms with Crippen molar-refractivity contribution in [2.24, 2.45) is 5.92 Å². The predicted molar refractivity (Wildman–Crippen MR) is 65.3 cm³/mol. The van der Waals surface area contributed by atoms with Crippen molar-refractivity contribution in [1.82, 2.24) is 10.2 Å². The molecule has 94 valence electrons. The zero-order chi connectivity index (χ0) is 12.3. The normalized spacial score (nSPS) is 24.7. The zero-order valence-electron chi connectivity index (χ0n) is 10.2. The van der Waals surface area contributed by atoms with Crippen LogP contribution in [0, 0.1) is 5.92 Å². The lowest BCUT2D eigenvalue weighted by Crippen LogP contribution is -2.43. The summed E-state index contributed by atoms with van der Waals surface area (Å²) in [7, 11) is 0. The van der Waals surface area contributed by atoms with Crippen LogP contribution in [0.25, 0.3) is 0 Å². The molecule has 0 aromatic rings. The molecule has 1 aliphatic carbocycles. The Balaban J connectivity index is 2.01. The molecule has 1 heterocycles. The van der Waals surface area contributed by atoms with Crippen molar-refractivity contribution in [3.63, 3.8) is 0 Å². The first-order valence-corrected chi connectivity index (χ1v) is 6.40. The highest BCUT2D eigenvalue weighted by molar-refractivity contribution is 5.89. The van der Waals surface area contributed by atoms with Gasteiger partial charge in [-0.15, -0.1) is 6.58 Å². The number of carbonyl (C=O) groups excluding carboxylic acids is 2. The Kier molecular flexibility index (Phi) is 3.82. The van der Waals surface area contributed by atoms with Crippen molar-refractivity contribution >= 4 is 11.8 Å². The minimum absolute atomic E-state index is 0.00618. The molecule has 0 spiro atoms. The molecule has 2 rings (SSSR count). The van der Waals surface area contributed by atoms with E-state index < -0.39 is 0 Å². The highest BCUT2D eigenvalue weighted by Gasteiger charge is 2.34. The Bertz CT molecular complexity index is 321. The largest absolute Gasteiger partial charge is 0.355 e. The summed E-state index contributed by atoms with van der Waals surface area (Å²) in [6, 6.07) is 0.358. The van der Waals surface area contributed by atoms with E-state index >= 15 is 0 Å². The third-order valence-corrected chi connectivity index (χ3v) is 3.70. The zero-order valence-corrected chi connectivity index (χ0v) is 10.2. The van der Waals surface area contributed by atoms with Crippen LogP contribution in [0.4, 0.5) is 0 Å². The first-order chi connectivity index (χ1) is 8.22. The van der Waals surface area contributed by atoms with Crippen LogP contribution in [0.3, 0.4) is 0 Å². The molecule has 1 aliphatic heterocycles. The molecule has 0 radical (unpaired) electrons. The molecule has 4 nitrogen and oxygen atoms in total. The Hall–Kier alpha value is -1.32. The summed E-state index contributed by atoms with van der Waals surface area (Å²) in [6.07, 6.45) is 6.71. The number of carbonyl (C=O) groups is 2. The van der Waals surface area contributed by atoms with Gasteiger partial charge in [0, 0.05) is 25.6 Å². The fourth-order valence-corrected chi connectivity index (χ4v) is 2.79. The molecule has 1 saturated heterocycles. The lowest BCUT2D eigenvalue weighted by molar-refractivity contribution is -0.137. The molecule has 1 unspecified atom stereocenters. The number of nitrogens with zero attached hydrogens (tertiary/aromatic N) is 1. The molecule has 1 saturated carbocycles. The second-order valence-electron chi connectivity index (χ2n) is 4.92. The minimum Gasteiger partial charge on any atom is -0.355 e. The third-order valence-electron chi connectivity index (χ3n) is 3.70. The first-order valence-electron chi connectivity index (χ1n) is 6.40. The summed E-state index contributed by atoms with van der Waals surface area (Å²) in [5.41, 5.74) is 0. The van der Waals surface area contributed by atoms with E-state index in [0.717, 1.165) is 12.8 Å². The maximum Gasteiger partial charge on any atom is 0.228 e. The van der Waals surface area contributed by atoms with Gasteiger partial charge in [-0.2, -0.15) is 0 Å². The van der Waals surface area contributed by atoms with Crippen LogP contribution in [0.15, 0.2) is 12.7 Å². The number of hydrogen-bond acceptors (Lipinski definition) is 2. The second kappa shape index (κ2) is 5.34. The van der Waals surface area contributed by atoms with Gasteiger partial charge < -0.3 is 10.2 Å². The van der Waals surface area contributed by atoms with Crippen LogP contribution in [-0.2, 0) is 9.59 Å². The van der Waals surface area contributed by atoms with Gasteiger partial charge in [0.15, 0.2) is 0 Å². The van der Waals surface area contributed by atoms with Crippen LogP contribution in [-0.4, -0.2) is 35.8 Å². The number of nitrogens with one attached hydrogen (secondary N) is 1. The van der Waals surface area contributed by atoms with Gasteiger partial charge in [0.1, 0.15) is 0 Å². The number of rotatable bonds is 4. The fraction of sp³-hybridized carbons (Fsp3) is 0.692. The summed E-state index contributed by atoms with van der Waals surface area (Å²) in [6.45, 7) is 4.82. The lowest BCUT2D eigenvalue weighted by Gasteiger charge is -2.29. The van der Waals surface area contributed by atoms with Crippen molar-refractivity contribution in [2.75, 3.05) is 13.1 Å². The molecule has 4 heteroatoms. The Morgan fingerprint density at radius 1 is 1.47 bits per heavy atom. The molecule has 0 aromatic heterocycles. The number of hydrogen-bond donors (Lipinski definition) is 1. The van der Waals surface area contributed by atoms with Crippen molar-refractivity contribution < 1.29 is 9.59 Å². The van der Waals surface area contributed by atoms with Crippen LogP contribution < -0.4 is 5.32 Å². The van der Waals surface area contributed by atoms with Gasteiger partial charge in [0.25, 0.3) is 0 Å². The van der Waals surface area contributed by atoms with Crippen LogP contribution in [0.5, 0.6) is 0 Å². The SMILES string of the molecule is C=CCN(C(=O)C1CNC(=O)C1)C1CCCC1. The van der Waals surface area contributed by atoms with E-state index in [2.05, 4.69) is 11.9 Å². The molecule has 0 bridgehead atoms. The van der Waals surface area contributed by atoms with E-state index in [9.17, 15) is 9.59 Å². The van der Waals surface area contributed by atoms with Gasteiger partial charge in [-0.1, -0.05) is 18.9 Å². The average Bonchev–Trinajstić information content (AvgIpc) is 2.95. The molecule has 17 heavy (non-hydrogen) atoms. The summed E-state index contributed by atoms with van der Waals surface area (Å²) in [4.78, 5) is 25.4. The van der Waals surface area contributed by atoms with Gasteiger partial charge in [0.2, 0.25) is 11.8 Å². The Morgan fingerprint density at radius 2 is 2.18 bits per heavy atom. The van der Waals surface area contributed by atoms with Crippen molar-refractivity contribution in [3.05, 3.63) is 12.7 Å². The summed E-state index contributed by atoms with van der Waals surface area (Å²) in [5, 5.41) is 2.73. The quantitative estimate of drug-likeness (QED) is 0.743. The molecular formula is C13H20N2O2. The second-order valence-corrected chi connectivity index (χ2v) is 4.92. The summed E-state index contributed by atoms with van der Waals surface area (Å²) >= 11 is 0. The van der Waals surface area contributed by atoms with E-state index in [0.29, 0.717) is 25.6 Å². The molecule has 2 amide bonds. The highest BCUT2D eigenvalue weighted by Crippen LogP contribution is 2.25. The van der Waals surface area contributed by atoms with E-state index in [-0.39, 0.29) is 17.7 Å². The van der Waals surface area contributed by atoms with Gasteiger partial charge in [-0.3, -0.25) is 9.59 Å². The predicted octanol–water partition coefficient (Wildman–Crippen LogP) is 1.08. The number of amides is 2. The summed E-state index contributed by atoms with van der Waals surface area (Å²) in [5.74, 6) is -0.0495.